The summed E-state index contributed by atoms with van der Waals surface area (Å²) in [7, 11) is -3.75. The first kappa shape index (κ1) is 21.2. The number of unbranched alkanes of at least 4 members (excludes halogenated alkanes) is 1. The van der Waals surface area contributed by atoms with E-state index < -0.39 is 14.6 Å². The summed E-state index contributed by atoms with van der Waals surface area (Å²) in [5.74, 6) is -0.387. The van der Waals surface area contributed by atoms with Gasteiger partial charge in [-0.2, -0.15) is 0 Å². The van der Waals surface area contributed by atoms with Crippen molar-refractivity contribution in [2.24, 2.45) is 5.73 Å². The summed E-state index contributed by atoms with van der Waals surface area (Å²) in [6.45, 7) is 1.01. The van der Waals surface area contributed by atoms with E-state index in [1.54, 1.807) is 0 Å². The molecular formula is C16H24Cl2N2O3S. The fraction of sp³-hybridized carbons (Fsp3) is 0.562. The molecule has 2 rings (SSSR count). The van der Waals surface area contributed by atoms with E-state index in [1.165, 1.54) is 24.3 Å². The second-order valence-electron chi connectivity index (χ2n) is 5.91. The number of nitrogens with two attached hydrogens (primary N) is 1. The Balaban J connectivity index is 0.00000288. The molecule has 1 aliphatic rings. The molecule has 0 aliphatic heterocycles. The minimum absolute atomic E-state index is 0. The van der Waals surface area contributed by atoms with E-state index in [9.17, 15) is 13.2 Å². The molecule has 1 aromatic rings. The van der Waals surface area contributed by atoms with Crippen molar-refractivity contribution in [2.75, 3.05) is 13.1 Å². The number of benzene rings is 1. The summed E-state index contributed by atoms with van der Waals surface area (Å²) in [4.78, 5) is 12.8. The second kappa shape index (κ2) is 9.04. The highest BCUT2D eigenvalue weighted by Gasteiger charge is 2.52. The molecule has 24 heavy (non-hydrogen) atoms. The number of hydrogen-bond donors (Lipinski definition) is 2. The van der Waals surface area contributed by atoms with Crippen LogP contribution in [0.2, 0.25) is 5.02 Å². The fourth-order valence-electron chi connectivity index (χ4n) is 3.04. The molecule has 136 valence electrons. The first-order valence-electron chi connectivity index (χ1n) is 7.92. The molecule has 0 heterocycles. The molecule has 0 aromatic heterocycles. The third-order valence-electron chi connectivity index (χ3n) is 4.38. The van der Waals surface area contributed by atoms with Gasteiger partial charge in [0.1, 0.15) is 0 Å². The van der Waals surface area contributed by atoms with Crippen LogP contribution in [-0.4, -0.2) is 32.2 Å². The largest absolute Gasteiger partial charge is 0.355 e. The number of nitrogens with one attached hydrogen (secondary N) is 1. The Hall–Kier alpha value is -0.820. The topological polar surface area (TPSA) is 89.3 Å². The van der Waals surface area contributed by atoms with Gasteiger partial charge >= 0.3 is 0 Å². The van der Waals surface area contributed by atoms with Gasteiger partial charge in [-0.15, -0.1) is 12.4 Å². The maximum Gasteiger partial charge on any atom is 0.241 e. The molecule has 0 unspecified atom stereocenters. The standard InChI is InChI=1S/C16H23ClN2O3S.ClH/c17-13-5-7-14(8-6-13)23(21,22)16(9-1-2-10-16)15(20)19-12-4-3-11-18;/h5-8H,1-4,9-12,18H2,(H,19,20);1H. The van der Waals surface area contributed by atoms with Gasteiger partial charge in [0.2, 0.25) is 5.91 Å². The molecule has 1 aliphatic carbocycles. The van der Waals surface area contributed by atoms with Gasteiger partial charge in [0, 0.05) is 11.6 Å². The third-order valence-corrected chi connectivity index (χ3v) is 7.15. The van der Waals surface area contributed by atoms with Gasteiger partial charge in [-0.05, 0) is 56.5 Å². The van der Waals surface area contributed by atoms with E-state index in [4.69, 9.17) is 17.3 Å². The van der Waals surface area contributed by atoms with E-state index >= 15 is 0 Å². The Morgan fingerprint density at radius 2 is 1.75 bits per heavy atom. The Morgan fingerprint density at radius 3 is 2.29 bits per heavy atom. The molecule has 0 radical (unpaired) electrons. The van der Waals surface area contributed by atoms with Crippen LogP contribution in [0.3, 0.4) is 0 Å². The van der Waals surface area contributed by atoms with Crippen LogP contribution in [0.1, 0.15) is 38.5 Å². The molecule has 0 saturated heterocycles. The van der Waals surface area contributed by atoms with Gasteiger partial charge in [-0.3, -0.25) is 4.79 Å². The number of amides is 1. The summed E-state index contributed by atoms with van der Waals surface area (Å²) >= 11 is 5.83. The van der Waals surface area contributed by atoms with Crippen LogP contribution in [0, 0.1) is 0 Å². The van der Waals surface area contributed by atoms with E-state index in [2.05, 4.69) is 5.32 Å². The average Bonchev–Trinajstić information content (AvgIpc) is 3.03. The first-order chi connectivity index (χ1) is 10.9. The quantitative estimate of drug-likeness (QED) is 0.695. The van der Waals surface area contributed by atoms with Crippen molar-refractivity contribution in [2.45, 2.75) is 48.2 Å². The molecule has 1 aromatic carbocycles. The van der Waals surface area contributed by atoms with Crippen molar-refractivity contribution in [3.8, 4) is 0 Å². The molecule has 1 fully saturated rings. The zero-order valence-corrected chi connectivity index (χ0v) is 15.9. The van der Waals surface area contributed by atoms with Gasteiger partial charge in [0.15, 0.2) is 14.6 Å². The third kappa shape index (κ3) is 4.23. The lowest BCUT2D eigenvalue weighted by molar-refractivity contribution is -0.123. The predicted octanol–water partition coefficient (Wildman–Crippen LogP) is 2.70. The average molecular weight is 395 g/mol. The highest BCUT2D eigenvalue weighted by molar-refractivity contribution is 7.93. The molecule has 8 heteroatoms. The Labute approximate surface area is 154 Å². The number of hydrogen-bond acceptors (Lipinski definition) is 4. The molecule has 3 N–H and O–H groups in total. The van der Waals surface area contributed by atoms with Crippen LogP contribution in [-0.2, 0) is 14.6 Å². The van der Waals surface area contributed by atoms with Crippen LogP contribution >= 0.6 is 24.0 Å². The first-order valence-corrected chi connectivity index (χ1v) is 9.79. The van der Waals surface area contributed by atoms with Crippen LogP contribution < -0.4 is 11.1 Å². The molecule has 0 spiro atoms. The van der Waals surface area contributed by atoms with E-state index in [1.807, 2.05) is 0 Å². The van der Waals surface area contributed by atoms with Crippen molar-refractivity contribution in [3.63, 3.8) is 0 Å². The normalized spacial score (nSPS) is 16.4. The smallest absolute Gasteiger partial charge is 0.241 e. The minimum Gasteiger partial charge on any atom is -0.355 e. The number of carbonyl (C=O) groups is 1. The Kier molecular flexibility index (Phi) is 7.99. The zero-order valence-electron chi connectivity index (χ0n) is 13.5. The number of rotatable bonds is 7. The summed E-state index contributed by atoms with van der Waals surface area (Å²) in [6.07, 6.45) is 3.75. The zero-order chi connectivity index (χ0) is 16.9. The number of carbonyl (C=O) groups excluding carboxylic acids is 1. The second-order valence-corrected chi connectivity index (χ2v) is 8.61. The molecule has 0 atom stereocenters. The van der Waals surface area contributed by atoms with E-state index in [0.29, 0.717) is 31.0 Å². The van der Waals surface area contributed by atoms with Gasteiger partial charge in [0.25, 0.3) is 0 Å². The van der Waals surface area contributed by atoms with Crippen LogP contribution in [0.5, 0.6) is 0 Å². The monoisotopic (exact) mass is 394 g/mol. The lowest BCUT2D eigenvalue weighted by Gasteiger charge is -2.27. The lowest BCUT2D eigenvalue weighted by Crippen LogP contribution is -2.50. The van der Waals surface area contributed by atoms with Crippen molar-refractivity contribution >= 4 is 39.8 Å². The maximum absolute atomic E-state index is 13.1. The van der Waals surface area contributed by atoms with E-state index in [0.717, 1.165) is 25.7 Å². The van der Waals surface area contributed by atoms with Crippen molar-refractivity contribution in [1.29, 1.82) is 0 Å². The number of sulfone groups is 1. The summed E-state index contributed by atoms with van der Waals surface area (Å²) < 4.78 is 24.8. The van der Waals surface area contributed by atoms with Gasteiger partial charge in [0.05, 0.1) is 4.90 Å². The van der Waals surface area contributed by atoms with Gasteiger partial charge < -0.3 is 11.1 Å². The minimum atomic E-state index is -3.75. The van der Waals surface area contributed by atoms with Crippen LogP contribution in [0.4, 0.5) is 0 Å². The van der Waals surface area contributed by atoms with Gasteiger partial charge in [-0.25, -0.2) is 8.42 Å². The number of halogens is 2. The molecule has 1 amide bonds. The SMILES string of the molecule is Cl.NCCCCNC(=O)C1(S(=O)(=O)c2ccc(Cl)cc2)CCCC1. The van der Waals surface area contributed by atoms with Crippen LogP contribution in [0.15, 0.2) is 29.2 Å². The summed E-state index contributed by atoms with van der Waals surface area (Å²) in [6, 6.07) is 6.02. The Bertz CT molecular complexity index is 642. The molecule has 0 bridgehead atoms. The predicted molar refractivity (Wildman–Crippen MR) is 98.4 cm³/mol. The fourth-order valence-corrected chi connectivity index (χ4v) is 5.25. The lowest BCUT2D eigenvalue weighted by atomic mass is 10.1. The highest BCUT2D eigenvalue weighted by Crippen LogP contribution is 2.41. The molecular weight excluding hydrogens is 371 g/mol. The Morgan fingerprint density at radius 1 is 1.17 bits per heavy atom. The molecule has 1 saturated carbocycles. The maximum atomic E-state index is 13.1. The highest BCUT2D eigenvalue weighted by atomic mass is 35.5. The van der Waals surface area contributed by atoms with Crippen molar-refractivity contribution < 1.29 is 13.2 Å². The van der Waals surface area contributed by atoms with E-state index in [-0.39, 0.29) is 23.2 Å². The molecule has 5 nitrogen and oxygen atoms in total. The van der Waals surface area contributed by atoms with Crippen LogP contribution in [0.25, 0.3) is 0 Å². The summed E-state index contributed by atoms with van der Waals surface area (Å²) in [5.41, 5.74) is 5.43. The van der Waals surface area contributed by atoms with Crippen molar-refractivity contribution in [1.82, 2.24) is 5.32 Å². The van der Waals surface area contributed by atoms with Gasteiger partial charge in [-0.1, -0.05) is 24.4 Å². The summed E-state index contributed by atoms with van der Waals surface area (Å²) in [5, 5.41) is 3.26. The van der Waals surface area contributed by atoms with Crippen molar-refractivity contribution in [3.05, 3.63) is 29.3 Å².